The molecule has 2 unspecified atom stereocenters. The van der Waals surface area contributed by atoms with Gasteiger partial charge >= 0.3 is 0 Å². The van der Waals surface area contributed by atoms with Gasteiger partial charge in [-0.2, -0.15) is 0 Å². The Morgan fingerprint density at radius 1 is 1.35 bits per heavy atom. The summed E-state index contributed by atoms with van der Waals surface area (Å²) >= 11 is 0. The molecule has 1 saturated heterocycles. The Morgan fingerprint density at radius 2 is 2.18 bits per heavy atom. The third-order valence-electron chi connectivity index (χ3n) is 3.60. The van der Waals surface area contributed by atoms with Gasteiger partial charge in [-0.15, -0.1) is 0 Å². The van der Waals surface area contributed by atoms with E-state index in [4.69, 9.17) is 9.47 Å². The summed E-state index contributed by atoms with van der Waals surface area (Å²) in [4.78, 5) is 12.2. The van der Waals surface area contributed by atoms with Gasteiger partial charge in [-0.25, -0.2) is 0 Å². The van der Waals surface area contributed by atoms with Crippen LogP contribution < -0.4 is 5.32 Å². The van der Waals surface area contributed by atoms with E-state index in [0.717, 1.165) is 31.5 Å². The minimum absolute atomic E-state index is 0.105. The van der Waals surface area contributed by atoms with Crippen molar-refractivity contribution in [3.63, 3.8) is 0 Å². The van der Waals surface area contributed by atoms with Gasteiger partial charge in [0, 0.05) is 5.57 Å². The molecule has 2 aliphatic heterocycles. The minimum Gasteiger partial charge on any atom is -0.500 e. The molecule has 17 heavy (non-hydrogen) atoms. The van der Waals surface area contributed by atoms with Gasteiger partial charge in [-0.05, 0) is 32.0 Å². The number of hydrogen-bond donors (Lipinski definition) is 1. The number of fused-ring (bicyclic) bond motifs is 1. The van der Waals surface area contributed by atoms with Crippen molar-refractivity contribution in [2.45, 2.75) is 25.0 Å². The Morgan fingerprint density at radius 3 is 3.00 bits per heavy atom. The van der Waals surface area contributed by atoms with Gasteiger partial charge in [0.15, 0.2) is 5.78 Å². The van der Waals surface area contributed by atoms with E-state index in [1.807, 2.05) is 12.2 Å². The number of ketones is 1. The average molecular weight is 235 g/mol. The zero-order chi connectivity index (χ0) is 11.7. The van der Waals surface area contributed by atoms with Crippen LogP contribution in [0.15, 0.2) is 24.0 Å². The molecule has 0 aromatic carbocycles. The van der Waals surface area contributed by atoms with Gasteiger partial charge in [-0.1, -0.05) is 6.08 Å². The molecule has 0 saturated carbocycles. The molecule has 0 aromatic rings. The maximum Gasteiger partial charge on any atom is 0.176 e. The first-order valence-electron chi connectivity index (χ1n) is 6.24. The van der Waals surface area contributed by atoms with Crippen molar-refractivity contribution in [2.75, 3.05) is 19.7 Å². The van der Waals surface area contributed by atoms with Gasteiger partial charge in [-0.3, -0.25) is 4.79 Å². The summed E-state index contributed by atoms with van der Waals surface area (Å²) in [7, 11) is 0. The highest BCUT2D eigenvalue weighted by atomic mass is 16.5. The predicted molar refractivity (Wildman–Crippen MR) is 62.4 cm³/mol. The second kappa shape index (κ2) is 4.63. The van der Waals surface area contributed by atoms with Crippen LogP contribution in [-0.2, 0) is 14.3 Å². The summed E-state index contributed by atoms with van der Waals surface area (Å²) in [6.07, 6.45) is 7.32. The van der Waals surface area contributed by atoms with E-state index in [9.17, 15) is 4.79 Å². The number of Topliss-reactive ketones (excluding diaryl/α,β-unsaturated/α-hetero) is 1. The van der Waals surface area contributed by atoms with Crippen LogP contribution >= 0.6 is 0 Å². The Bertz CT molecular complexity index is 369. The Labute approximate surface area is 101 Å². The smallest absolute Gasteiger partial charge is 0.176 e. The molecule has 0 spiro atoms. The van der Waals surface area contributed by atoms with E-state index in [-0.39, 0.29) is 23.9 Å². The molecule has 0 amide bonds. The summed E-state index contributed by atoms with van der Waals surface area (Å²) in [6.45, 7) is 2.44. The lowest BCUT2D eigenvalue weighted by molar-refractivity contribution is -0.135. The van der Waals surface area contributed by atoms with Gasteiger partial charge in [0.1, 0.15) is 12.7 Å². The number of piperidine rings is 1. The fraction of sp³-hybridized carbons (Fsp3) is 0.615. The monoisotopic (exact) mass is 235 g/mol. The van der Waals surface area contributed by atoms with Crippen LogP contribution in [0.1, 0.15) is 12.8 Å². The van der Waals surface area contributed by atoms with E-state index >= 15 is 0 Å². The van der Waals surface area contributed by atoms with Crippen LogP contribution in [0.25, 0.3) is 0 Å². The molecule has 1 fully saturated rings. The third-order valence-corrected chi connectivity index (χ3v) is 3.60. The third kappa shape index (κ3) is 2.15. The molecule has 0 aromatic heterocycles. The fourth-order valence-corrected chi connectivity index (χ4v) is 2.56. The maximum absolute atomic E-state index is 12.2. The quantitative estimate of drug-likeness (QED) is 0.769. The predicted octanol–water partition coefficient (Wildman–Crippen LogP) is 0.793. The highest BCUT2D eigenvalue weighted by Crippen LogP contribution is 2.28. The Hall–Kier alpha value is -1.13. The fourth-order valence-electron chi connectivity index (χ4n) is 2.56. The maximum atomic E-state index is 12.2. The van der Waals surface area contributed by atoms with Crippen LogP contribution in [0.4, 0.5) is 0 Å². The lowest BCUT2D eigenvalue weighted by atomic mass is 9.88. The Balaban J connectivity index is 1.66. The van der Waals surface area contributed by atoms with Crippen LogP contribution in [0, 0.1) is 5.92 Å². The zero-order valence-electron chi connectivity index (χ0n) is 9.72. The number of ether oxygens (including phenoxy) is 2. The van der Waals surface area contributed by atoms with Gasteiger partial charge in [0.05, 0.1) is 18.3 Å². The van der Waals surface area contributed by atoms with Crippen LogP contribution in [0.3, 0.4) is 0 Å². The molecule has 2 atom stereocenters. The molecule has 92 valence electrons. The van der Waals surface area contributed by atoms with Crippen molar-refractivity contribution in [3.8, 4) is 0 Å². The molecule has 4 nitrogen and oxygen atoms in total. The van der Waals surface area contributed by atoms with Gasteiger partial charge in [0.25, 0.3) is 0 Å². The zero-order valence-corrected chi connectivity index (χ0v) is 9.72. The number of carbonyl (C=O) groups is 1. The summed E-state index contributed by atoms with van der Waals surface area (Å²) in [5.41, 5.74) is 0.986. The van der Waals surface area contributed by atoms with Crippen LogP contribution in [-0.4, -0.2) is 37.7 Å². The number of carbonyl (C=O) groups excluding carboxylic acids is 1. The first-order chi connectivity index (χ1) is 8.34. The van der Waals surface area contributed by atoms with E-state index in [2.05, 4.69) is 5.32 Å². The highest BCUT2D eigenvalue weighted by Gasteiger charge is 2.36. The Kier molecular flexibility index (Phi) is 2.99. The van der Waals surface area contributed by atoms with Crippen molar-refractivity contribution in [1.29, 1.82) is 0 Å². The van der Waals surface area contributed by atoms with Gasteiger partial charge in [0.2, 0.25) is 0 Å². The second-order valence-electron chi connectivity index (χ2n) is 4.77. The van der Waals surface area contributed by atoms with Gasteiger partial charge < -0.3 is 14.8 Å². The largest absolute Gasteiger partial charge is 0.500 e. The van der Waals surface area contributed by atoms with Crippen molar-refractivity contribution in [2.24, 2.45) is 5.92 Å². The van der Waals surface area contributed by atoms with E-state index in [0.29, 0.717) is 6.61 Å². The SMILES string of the molecule is O=C1C(OC2CCNCC2)C=CC2=COCC12. The lowest BCUT2D eigenvalue weighted by Crippen LogP contribution is -2.40. The van der Waals surface area contributed by atoms with E-state index in [1.54, 1.807) is 6.26 Å². The summed E-state index contributed by atoms with van der Waals surface area (Å²) in [5.74, 6) is 0.0431. The van der Waals surface area contributed by atoms with Crippen molar-refractivity contribution in [3.05, 3.63) is 24.0 Å². The molecule has 0 radical (unpaired) electrons. The number of allylic oxidation sites excluding steroid dienone is 1. The average Bonchev–Trinajstić information content (AvgIpc) is 2.83. The summed E-state index contributed by atoms with van der Waals surface area (Å²) in [6, 6.07) is 0. The molecule has 2 heterocycles. The molecule has 3 aliphatic rings. The molecule has 3 rings (SSSR count). The first kappa shape index (κ1) is 11.0. The summed E-state index contributed by atoms with van der Waals surface area (Å²) in [5, 5.41) is 3.29. The standard InChI is InChI=1S/C13H17NO3/c15-13-11-8-16-7-9(11)1-2-12(13)17-10-3-5-14-6-4-10/h1-2,7,10-12,14H,3-6,8H2. The highest BCUT2D eigenvalue weighted by molar-refractivity contribution is 5.92. The number of rotatable bonds is 2. The van der Waals surface area contributed by atoms with Crippen molar-refractivity contribution < 1.29 is 14.3 Å². The molecular weight excluding hydrogens is 218 g/mol. The molecular formula is C13H17NO3. The normalized spacial score (nSPS) is 33.2. The number of hydrogen-bond acceptors (Lipinski definition) is 4. The van der Waals surface area contributed by atoms with E-state index < -0.39 is 0 Å². The molecule has 0 bridgehead atoms. The lowest BCUT2D eigenvalue weighted by Gasteiger charge is -2.28. The van der Waals surface area contributed by atoms with Crippen molar-refractivity contribution >= 4 is 5.78 Å². The molecule has 4 heteroatoms. The minimum atomic E-state index is -0.373. The first-order valence-corrected chi connectivity index (χ1v) is 6.24. The summed E-state index contributed by atoms with van der Waals surface area (Å²) < 4.78 is 11.1. The topological polar surface area (TPSA) is 47.6 Å². The van der Waals surface area contributed by atoms with Crippen molar-refractivity contribution in [1.82, 2.24) is 5.32 Å². The number of nitrogens with one attached hydrogen (secondary N) is 1. The molecule has 1 aliphatic carbocycles. The second-order valence-corrected chi connectivity index (χ2v) is 4.77. The molecule has 1 N–H and O–H groups in total. The van der Waals surface area contributed by atoms with Crippen LogP contribution in [0.2, 0.25) is 0 Å². The van der Waals surface area contributed by atoms with Crippen LogP contribution in [0.5, 0.6) is 0 Å². The van der Waals surface area contributed by atoms with E-state index in [1.165, 1.54) is 0 Å².